The summed E-state index contributed by atoms with van der Waals surface area (Å²) >= 11 is 0. The maximum atomic E-state index is 13.5. The average molecular weight is 353 g/mol. The molecule has 2 aromatic rings. The van der Waals surface area contributed by atoms with Crippen LogP contribution in [0, 0.1) is 0 Å². The van der Waals surface area contributed by atoms with Crippen molar-refractivity contribution in [3.8, 4) is 11.3 Å². The number of nitrogens with one attached hydrogen (secondary N) is 1. The Labute approximate surface area is 154 Å². The highest BCUT2D eigenvalue weighted by Crippen LogP contribution is 2.42. The lowest BCUT2D eigenvalue weighted by Gasteiger charge is -2.36. The van der Waals surface area contributed by atoms with Crippen LogP contribution in [0.3, 0.4) is 0 Å². The molecular formula is C21H27N3O2. The lowest BCUT2D eigenvalue weighted by atomic mass is 9.69. The van der Waals surface area contributed by atoms with Gasteiger partial charge in [-0.3, -0.25) is 9.36 Å². The summed E-state index contributed by atoms with van der Waals surface area (Å²) in [6.07, 6.45) is 1.70. The number of hydrogen-bond acceptors (Lipinski definition) is 4. The highest BCUT2D eigenvalue weighted by molar-refractivity contribution is 5.72. The lowest BCUT2D eigenvalue weighted by Crippen LogP contribution is -2.40. The van der Waals surface area contributed by atoms with Crippen LogP contribution in [0.15, 0.2) is 41.2 Å². The molecule has 0 amide bonds. The number of aliphatic hydroxyl groups is 1. The Morgan fingerprint density at radius 2 is 2.15 bits per heavy atom. The average Bonchev–Trinajstić information content (AvgIpc) is 2.62. The van der Waals surface area contributed by atoms with E-state index in [9.17, 15) is 9.90 Å². The molecule has 0 radical (unpaired) electrons. The Kier molecular flexibility index (Phi) is 5.01. The van der Waals surface area contributed by atoms with Gasteiger partial charge in [0.2, 0.25) is 5.95 Å². The van der Waals surface area contributed by atoms with Crippen LogP contribution in [0.4, 0.5) is 5.95 Å². The molecule has 2 N–H and O–H groups in total. The normalized spacial score (nSPS) is 18.2. The minimum atomic E-state index is -0.250. The van der Waals surface area contributed by atoms with Gasteiger partial charge in [0.15, 0.2) is 0 Å². The van der Waals surface area contributed by atoms with E-state index in [0.717, 1.165) is 35.2 Å². The lowest BCUT2D eigenvalue weighted by molar-refractivity contribution is 0.310. The molecule has 1 unspecified atom stereocenters. The van der Waals surface area contributed by atoms with Crippen LogP contribution in [-0.4, -0.2) is 27.8 Å². The standard InChI is InChI=1S/C21H27N3O2/c1-5-21(4)12-15-8-6-7-9-16(15)18-17(21)19(26)24(13-14(2)3)20(23-18)22-10-11-25/h6-9,25H,2,5,10-13H2,1,3-4H3,(H,22,23). The number of nitrogens with zero attached hydrogens (tertiary/aromatic N) is 2. The number of fused-ring (bicyclic) bond motifs is 3. The Bertz CT molecular complexity index is 901. The molecule has 1 atom stereocenters. The Balaban J connectivity index is 2.32. The molecule has 0 bridgehead atoms. The maximum absolute atomic E-state index is 13.5. The van der Waals surface area contributed by atoms with Crippen molar-refractivity contribution in [3.05, 3.63) is 57.9 Å². The fraction of sp³-hybridized carbons (Fsp3) is 0.429. The molecule has 26 heavy (non-hydrogen) atoms. The molecular weight excluding hydrogens is 326 g/mol. The van der Waals surface area contributed by atoms with E-state index in [-0.39, 0.29) is 17.6 Å². The van der Waals surface area contributed by atoms with Gasteiger partial charge in [-0.15, -0.1) is 0 Å². The van der Waals surface area contributed by atoms with Crippen LogP contribution in [0.25, 0.3) is 11.3 Å². The van der Waals surface area contributed by atoms with Gasteiger partial charge in [0.25, 0.3) is 5.56 Å². The molecule has 138 valence electrons. The minimum absolute atomic E-state index is 0.0164. The molecule has 5 nitrogen and oxygen atoms in total. The van der Waals surface area contributed by atoms with Crippen LogP contribution in [0.1, 0.15) is 38.3 Å². The second kappa shape index (κ2) is 7.08. The van der Waals surface area contributed by atoms with Crippen molar-refractivity contribution in [2.75, 3.05) is 18.5 Å². The van der Waals surface area contributed by atoms with Crippen LogP contribution < -0.4 is 10.9 Å². The van der Waals surface area contributed by atoms with E-state index in [1.165, 1.54) is 5.56 Å². The molecule has 5 heteroatoms. The van der Waals surface area contributed by atoms with Gasteiger partial charge in [0, 0.05) is 24.1 Å². The first-order valence-electron chi connectivity index (χ1n) is 9.14. The van der Waals surface area contributed by atoms with E-state index in [2.05, 4.69) is 31.8 Å². The van der Waals surface area contributed by atoms with Crippen molar-refractivity contribution < 1.29 is 5.11 Å². The van der Waals surface area contributed by atoms with Crippen molar-refractivity contribution in [3.63, 3.8) is 0 Å². The summed E-state index contributed by atoms with van der Waals surface area (Å²) in [4.78, 5) is 18.3. The smallest absolute Gasteiger partial charge is 0.259 e. The molecule has 0 spiro atoms. The van der Waals surface area contributed by atoms with E-state index in [1.54, 1.807) is 4.57 Å². The number of aliphatic hydroxyl groups excluding tert-OH is 1. The molecule has 1 aliphatic rings. The predicted molar refractivity (Wildman–Crippen MR) is 106 cm³/mol. The SMILES string of the molecule is C=C(C)Cn1c(NCCO)nc2c(c1=O)C(C)(CC)Cc1ccccc1-2. The van der Waals surface area contributed by atoms with Crippen molar-refractivity contribution in [2.45, 2.75) is 45.6 Å². The summed E-state index contributed by atoms with van der Waals surface area (Å²) in [7, 11) is 0. The molecule has 3 rings (SSSR count). The quantitative estimate of drug-likeness (QED) is 0.783. The first-order chi connectivity index (χ1) is 12.4. The van der Waals surface area contributed by atoms with E-state index in [4.69, 9.17) is 4.98 Å². The zero-order valence-electron chi connectivity index (χ0n) is 15.8. The maximum Gasteiger partial charge on any atom is 0.259 e. The molecule has 1 aromatic carbocycles. The van der Waals surface area contributed by atoms with Crippen LogP contribution in [0.5, 0.6) is 0 Å². The Morgan fingerprint density at radius 3 is 2.81 bits per heavy atom. The summed E-state index contributed by atoms with van der Waals surface area (Å²) in [5.41, 5.74) is 4.42. The first-order valence-corrected chi connectivity index (χ1v) is 9.14. The van der Waals surface area contributed by atoms with E-state index < -0.39 is 0 Å². The highest BCUT2D eigenvalue weighted by atomic mass is 16.3. The molecule has 0 saturated heterocycles. The number of benzene rings is 1. The second-order valence-corrected chi connectivity index (χ2v) is 7.41. The second-order valence-electron chi connectivity index (χ2n) is 7.41. The van der Waals surface area contributed by atoms with Gasteiger partial charge in [-0.25, -0.2) is 4.98 Å². The number of allylic oxidation sites excluding steroid dienone is 1. The largest absolute Gasteiger partial charge is 0.395 e. The van der Waals surface area contributed by atoms with Gasteiger partial charge in [-0.2, -0.15) is 0 Å². The predicted octanol–water partition coefficient (Wildman–Crippen LogP) is 3.11. The monoisotopic (exact) mass is 353 g/mol. The highest BCUT2D eigenvalue weighted by Gasteiger charge is 2.38. The third-order valence-corrected chi connectivity index (χ3v) is 5.23. The third-order valence-electron chi connectivity index (χ3n) is 5.23. The summed E-state index contributed by atoms with van der Waals surface area (Å²) in [5.74, 6) is 0.487. The number of anilines is 1. The third kappa shape index (κ3) is 3.07. The van der Waals surface area contributed by atoms with Gasteiger partial charge < -0.3 is 10.4 Å². The van der Waals surface area contributed by atoms with Gasteiger partial charge in [-0.1, -0.05) is 50.3 Å². The number of rotatable bonds is 6. The van der Waals surface area contributed by atoms with E-state index in [0.29, 0.717) is 19.0 Å². The van der Waals surface area contributed by atoms with E-state index >= 15 is 0 Å². The van der Waals surface area contributed by atoms with Crippen LogP contribution in [0.2, 0.25) is 0 Å². The molecule has 0 saturated carbocycles. The molecule has 0 fully saturated rings. The fourth-order valence-corrected chi connectivity index (χ4v) is 3.73. The van der Waals surface area contributed by atoms with Gasteiger partial charge in [0.1, 0.15) is 0 Å². The number of aromatic nitrogens is 2. The van der Waals surface area contributed by atoms with Gasteiger partial charge >= 0.3 is 0 Å². The van der Waals surface area contributed by atoms with Gasteiger partial charge in [-0.05, 0) is 25.3 Å². The molecule has 1 aliphatic carbocycles. The molecule has 1 aromatic heterocycles. The molecule has 0 aliphatic heterocycles. The Morgan fingerprint density at radius 1 is 1.42 bits per heavy atom. The summed E-state index contributed by atoms with van der Waals surface area (Å²) in [6, 6.07) is 8.18. The van der Waals surface area contributed by atoms with Crippen LogP contribution in [-0.2, 0) is 18.4 Å². The number of hydrogen-bond donors (Lipinski definition) is 2. The van der Waals surface area contributed by atoms with Crippen molar-refractivity contribution in [2.24, 2.45) is 0 Å². The fourth-order valence-electron chi connectivity index (χ4n) is 3.73. The molecule has 1 heterocycles. The summed E-state index contributed by atoms with van der Waals surface area (Å²) in [6.45, 7) is 10.9. The Hall–Kier alpha value is -2.40. The van der Waals surface area contributed by atoms with Crippen molar-refractivity contribution in [1.82, 2.24) is 9.55 Å². The topological polar surface area (TPSA) is 67.2 Å². The zero-order valence-corrected chi connectivity index (χ0v) is 15.8. The van der Waals surface area contributed by atoms with E-state index in [1.807, 2.05) is 25.1 Å². The van der Waals surface area contributed by atoms with Crippen molar-refractivity contribution >= 4 is 5.95 Å². The first kappa shape index (κ1) is 18.4. The van der Waals surface area contributed by atoms with Crippen LogP contribution >= 0.6 is 0 Å². The van der Waals surface area contributed by atoms with Crippen molar-refractivity contribution in [1.29, 1.82) is 0 Å². The summed E-state index contributed by atoms with van der Waals surface area (Å²) in [5, 5.41) is 12.3. The summed E-state index contributed by atoms with van der Waals surface area (Å²) < 4.78 is 1.65. The zero-order chi connectivity index (χ0) is 18.9. The van der Waals surface area contributed by atoms with Gasteiger partial charge in [0.05, 0.1) is 17.9 Å². The minimum Gasteiger partial charge on any atom is -0.395 e.